The molecule has 0 radical (unpaired) electrons. The molecule has 3 rings (SSSR count). The van der Waals surface area contributed by atoms with Gasteiger partial charge in [0, 0.05) is 12.5 Å². The molecule has 3 N–H and O–H groups in total. The number of hydrogen-bond donors (Lipinski definition) is 2. The average molecular weight is 348 g/mol. The van der Waals surface area contributed by atoms with Crippen molar-refractivity contribution in [2.45, 2.75) is 6.92 Å². The zero-order valence-electron chi connectivity index (χ0n) is 14.0. The van der Waals surface area contributed by atoms with Crippen LogP contribution in [0.5, 0.6) is 11.5 Å². The molecule has 0 aliphatic rings. The Balaban J connectivity index is 1.77. The third-order valence-electron chi connectivity index (χ3n) is 3.68. The Morgan fingerprint density at radius 3 is 2.04 bits per heavy atom. The van der Waals surface area contributed by atoms with Crippen LogP contribution < -0.4 is 15.2 Å². The summed E-state index contributed by atoms with van der Waals surface area (Å²) in [6.45, 7) is 1.31. The van der Waals surface area contributed by atoms with Crippen LogP contribution in [0.1, 0.15) is 22.8 Å². The van der Waals surface area contributed by atoms with E-state index in [1.165, 1.54) is 31.2 Å². The van der Waals surface area contributed by atoms with Gasteiger partial charge in [0.05, 0.1) is 5.56 Å². The summed E-state index contributed by atoms with van der Waals surface area (Å²) in [5.74, 6) is -0.175. The lowest BCUT2D eigenvalue weighted by Gasteiger charge is -2.07. The minimum atomic E-state index is -0.515. The fourth-order valence-electron chi connectivity index (χ4n) is 2.45. The molecular weight excluding hydrogens is 332 g/mol. The van der Waals surface area contributed by atoms with Gasteiger partial charge in [0.2, 0.25) is 0 Å². The fourth-order valence-corrected chi connectivity index (χ4v) is 2.45. The number of esters is 2. The number of rotatable bonds is 4. The summed E-state index contributed by atoms with van der Waals surface area (Å²) < 4.78 is 10.3. The summed E-state index contributed by atoms with van der Waals surface area (Å²) in [5, 5.41) is 9.23. The second-order valence-electron chi connectivity index (χ2n) is 5.64. The number of amidine groups is 1. The van der Waals surface area contributed by atoms with Crippen molar-refractivity contribution in [1.29, 1.82) is 5.41 Å². The van der Waals surface area contributed by atoms with Gasteiger partial charge >= 0.3 is 11.9 Å². The first-order chi connectivity index (χ1) is 12.4. The lowest BCUT2D eigenvalue weighted by atomic mass is 10.1. The molecule has 0 amide bonds. The van der Waals surface area contributed by atoms with E-state index in [9.17, 15) is 9.59 Å². The van der Waals surface area contributed by atoms with E-state index in [0.717, 1.165) is 10.8 Å². The first kappa shape index (κ1) is 17.2. The molecule has 0 atom stereocenters. The maximum absolute atomic E-state index is 12.3. The minimum absolute atomic E-state index is 0.000367. The van der Waals surface area contributed by atoms with E-state index in [1.807, 2.05) is 6.07 Å². The number of carbonyl (C=O) groups excluding carboxylic acids is 2. The molecule has 0 spiro atoms. The van der Waals surface area contributed by atoms with Gasteiger partial charge in [0.25, 0.3) is 0 Å². The predicted octanol–water partition coefficient (Wildman–Crippen LogP) is 3.27. The van der Waals surface area contributed by atoms with Gasteiger partial charge in [-0.15, -0.1) is 0 Å². The topological polar surface area (TPSA) is 102 Å². The summed E-state index contributed by atoms with van der Waals surface area (Å²) in [5.41, 5.74) is 6.46. The molecule has 0 saturated carbocycles. The summed E-state index contributed by atoms with van der Waals surface area (Å²) in [7, 11) is 0. The molecule has 6 nitrogen and oxygen atoms in total. The molecule has 0 aliphatic heterocycles. The minimum Gasteiger partial charge on any atom is -0.427 e. The van der Waals surface area contributed by atoms with Crippen molar-refractivity contribution in [3.8, 4) is 11.5 Å². The van der Waals surface area contributed by atoms with E-state index >= 15 is 0 Å². The Morgan fingerprint density at radius 2 is 1.38 bits per heavy atom. The number of carbonyl (C=O) groups is 2. The van der Waals surface area contributed by atoms with Crippen LogP contribution in [0.15, 0.2) is 60.7 Å². The number of benzene rings is 3. The highest BCUT2D eigenvalue weighted by atomic mass is 16.5. The van der Waals surface area contributed by atoms with Crippen molar-refractivity contribution in [2.24, 2.45) is 5.73 Å². The lowest BCUT2D eigenvalue weighted by Crippen LogP contribution is -2.10. The molecule has 0 unspecified atom stereocenters. The van der Waals surface area contributed by atoms with Crippen LogP contribution in [0, 0.1) is 5.41 Å². The number of ether oxygens (including phenoxy) is 2. The molecule has 26 heavy (non-hydrogen) atoms. The fraction of sp³-hybridized carbons (Fsp3) is 0.0500. The van der Waals surface area contributed by atoms with Crippen molar-refractivity contribution >= 4 is 28.5 Å². The predicted molar refractivity (Wildman–Crippen MR) is 97.7 cm³/mol. The Kier molecular flexibility index (Phi) is 4.66. The zero-order chi connectivity index (χ0) is 18.7. The number of nitrogen functional groups attached to an aromatic ring is 1. The molecule has 0 bridgehead atoms. The van der Waals surface area contributed by atoms with Gasteiger partial charge in [0.1, 0.15) is 17.3 Å². The van der Waals surface area contributed by atoms with E-state index in [2.05, 4.69) is 0 Å². The molecule has 3 aromatic carbocycles. The molecule has 3 aromatic rings. The molecule has 0 fully saturated rings. The molecular formula is C20H16N2O4. The Labute approximate surface area is 149 Å². The van der Waals surface area contributed by atoms with E-state index < -0.39 is 11.9 Å². The Bertz CT molecular complexity index is 1010. The highest BCUT2D eigenvalue weighted by Gasteiger charge is 2.10. The monoisotopic (exact) mass is 348 g/mol. The lowest BCUT2D eigenvalue weighted by molar-refractivity contribution is -0.131. The van der Waals surface area contributed by atoms with Gasteiger partial charge in [-0.1, -0.05) is 18.2 Å². The van der Waals surface area contributed by atoms with Crippen LogP contribution in [0.25, 0.3) is 10.8 Å². The maximum atomic E-state index is 12.3. The second kappa shape index (κ2) is 7.06. The van der Waals surface area contributed by atoms with E-state index in [-0.39, 0.29) is 5.84 Å². The smallest absolute Gasteiger partial charge is 0.343 e. The van der Waals surface area contributed by atoms with Crippen LogP contribution in [0.4, 0.5) is 0 Å². The van der Waals surface area contributed by atoms with Gasteiger partial charge in [-0.25, -0.2) is 4.79 Å². The molecule has 0 saturated heterocycles. The van der Waals surface area contributed by atoms with Crippen molar-refractivity contribution in [1.82, 2.24) is 0 Å². The molecule has 0 aromatic heterocycles. The standard InChI is InChI=1S/C20H16N2O4/c1-12(23)25-17-7-4-13(5-8-17)20(24)26-18-9-6-14-10-16(19(21)22)3-2-15(14)11-18/h2-11H,1H3,(H3,21,22). The summed E-state index contributed by atoms with van der Waals surface area (Å²) >= 11 is 0. The Hall–Kier alpha value is -3.67. The van der Waals surface area contributed by atoms with Gasteiger partial charge in [-0.2, -0.15) is 0 Å². The van der Waals surface area contributed by atoms with Crippen molar-refractivity contribution in [3.63, 3.8) is 0 Å². The van der Waals surface area contributed by atoms with Crippen molar-refractivity contribution in [3.05, 3.63) is 71.8 Å². The van der Waals surface area contributed by atoms with E-state index in [0.29, 0.717) is 22.6 Å². The van der Waals surface area contributed by atoms with Crippen LogP contribution in [0.3, 0.4) is 0 Å². The number of fused-ring (bicyclic) bond motifs is 1. The zero-order valence-corrected chi connectivity index (χ0v) is 14.0. The van der Waals surface area contributed by atoms with Gasteiger partial charge in [0.15, 0.2) is 0 Å². The SMILES string of the molecule is CC(=O)Oc1ccc(C(=O)Oc2ccc3cc(C(=N)N)ccc3c2)cc1. The largest absolute Gasteiger partial charge is 0.427 e. The average Bonchev–Trinajstić information content (AvgIpc) is 2.61. The third kappa shape index (κ3) is 3.87. The molecule has 130 valence electrons. The number of nitrogens with two attached hydrogens (primary N) is 1. The van der Waals surface area contributed by atoms with Crippen LogP contribution in [-0.2, 0) is 4.79 Å². The quantitative estimate of drug-likeness (QED) is 0.326. The summed E-state index contributed by atoms with van der Waals surface area (Å²) in [6.07, 6.45) is 0. The first-order valence-electron chi connectivity index (χ1n) is 7.81. The number of nitrogens with one attached hydrogen (secondary N) is 1. The highest BCUT2D eigenvalue weighted by Crippen LogP contribution is 2.23. The molecule has 6 heteroatoms. The van der Waals surface area contributed by atoms with Crippen LogP contribution >= 0.6 is 0 Å². The van der Waals surface area contributed by atoms with E-state index in [1.54, 1.807) is 30.3 Å². The highest BCUT2D eigenvalue weighted by molar-refractivity contribution is 5.99. The third-order valence-corrected chi connectivity index (χ3v) is 3.68. The summed E-state index contributed by atoms with van der Waals surface area (Å²) in [6, 6.07) is 16.7. The van der Waals surface area contributed by atoms with Crippen molar-refractivity contribution in [2.75, 3.05) is 0 Å². The van der Waals surface area contributed by atoms with Gasteiger partial charge in [-0.05, 0) is 53.2 Å². The first-order valence-corrected chi connectivity index (χ1v) is 7.81. The maximum Gasteiger partial charge on any atom is 0.343 e. The van der Waals surface area contributed by atoms with Crippen LogP contribution in [-0.4, -0.2) is 17.8 Å². The summed E-state index contributed by atoms with van der Waals surface area (Å²) in [4.78, 5) is 23.2. The van der Waals surface area contributed by atoms with E-state index in [4.69, 9.17) is 20.6 Å². The molecule has 0 aliphatic carbocycles. The second-order valence-corrected chi connectivity index (χ2v) is 5.64. The van der Waals surface area contributed by atoms with Crippen molar-refractivity contribution < 1.29 is 19.1 Å². The van der Waals surface area contributed by atoms with Crippen LogP contribution in [0.2, 0.25) is 0 Å². The molecule has 0 heterocycles. The van der Waals surface area contributed by atoms with Gasteiger partial charge < -0.3 is 15.2 Å². The normalized spacial score (nSPS) is 10.3. The van der Waals surface area contributed by atoms with Gasteiger partial charge in [-0.3, -0.25) is 10.2 Å². The number of hydrogen-bond acceptors (Lipinski definition) is 5. The Morgan fingerprint density at radius 1 is 0.808 bits per heavy atom.